The van der Waals surface area contributed by atoms with Gasteiger partial charge in [0.2, 0.25) is 0 Å². The molecule has 1 N–H and O–H groups in total. The van der Waals surface area contributed by atoms with Gasteiger partial charge in [-0.25, -0.2) is 4.79 Å². The Morgan fingerprint density at radius 3 is 2.48 bits per heavy atom. The molecule has 0 fully saturated rings. The molecule has 0 saturated carbocycles. The first-order chi connectivity index (χ1) is 10.5. The summed E-state index contributed by atoms with van der Waals surface area (Å²) in [5.41, 5.74) is -0.536. The first-order valence-electron chi connectivity index (χ1n) is 7.00. The number of benzene rings is 1. The summed E-state index contributed by atoms with van der Waals surface area (Å²) in [4.78, 5) is 23.8. The van der Waals surface area contributed by atoms with Gasteiger partial charge in [0.15, 0.2) is 0 Å². The van der Waals surface area contributed by atoms with Crippen molar-refractivity contribution < 1.29 is 32.0 Å². The smallest absolute Gasteiger partial charge is 0.338 e. The fourth-order valence-corrected chi connectivity index (χ4v) is 1.69. The van der Waals surface area contributed by atoms with E-state index in [1.165, 1.54) is 24.3 Å². The van der Waals surface area contributed by atoms with E-state index >= 15 is 0 Å². The van der Waals surface area contributed by atoms with Gasteiger partial charge in [0, 0.05) is 0 Å². The molecule has 1 aromatic rings. The predicted octanol–water partition coefficient (Wildman–Crippen LogP) is 2.07. The Hall–Kier alpha value is -1.93. The minimum Gasteiger partial charge on any atom is -0.461 e. The molecule has 0 aliphatic carbocycles. The maximum Gasteiger partial charge on any atom is 0.338 e. The molecule has 0 unspecified atom stereocenters. The van der Waals surface area contributed by atoms with Gasteiger partial charge in [-0.1, -0.05) is 13.0 Å². The number of hydrogen-bond acceptors (Lipinski definition) is 6. The van der Waals surface area contributed by atoms with Crippen molar-refractivity contribution in [1.82, 2.24) is 0 Å². The molecule has 23 heavy (non-hydrogen) atoms. The lowest BCUT2D eigenvalue weighted by Gasteiger charge is -2.20. The molecular weight excluding hydrogens is 324 g/mol. The molecule has 7 nitrogen and oxygen atoms in total. The lowest BCUT2D eigenvalue weighted by Crippen LogP contribution is -2.28. The second kappa shape index (κ2) is 7.56. The molecule has 0 amide bonds. The number of hydrogen-bond donors (Lipinski definition) is 1. The molecule has 0 bridgehead atoms. The fourth-order valence-electron chi connectivity index (χ4n) is 1.40. The predicted molar refractivity (Wildman–Crippen MR) is 82.8 cm³/mol. The van der Waals surface area contributed by atoms with Crippen LogP contribution in [0.1, 0.15) is 37.6 Å². The lowest BCUT2D eigenvalue weighted by molar-refractivity contribution is -0.144. The van der Waals surface area contributed by atoms with Crippen molar-refractivity contribution in [3.63, 3.8) is 0 Å². The van der Waals surface area contributed by atoms with Gasteiger partial charge in [0.1, 0.15) is 18.1 Å². The number of carbonyl (C=O) groups is 2. The van der Waals surface area contributed by atoms with E-state index in [1.54, 1.807) is 13.8 Å². The Balaban J connectivity index is 2.73. The van der Waals surface area contributed by atoms with Crippen LogP contribution in [0.5, 0.6) is 5.75 Å². The van der Waals surface area contributed by atoms with Crippen molar-refractivity contribution in [3.05, 3.63) is 29.8 Å². The topological polar surface area (TPSA) is 107 Å². The van der Waals surface area contributed by atoms with Crippen molar-refractivity contribution in [2.24, 2.45) is 5.41 Å². The molecule has 1 aromatic carbocycles. The van der Waals surface area contributed by atoms with Crippen LogP contribution in [0.3, 0.4) is 0 Å². The number of carbonyl (C=O) groups excluding carboxylic acids is 2. The molecule has 0 saturated heterocycles. The summed E-state index contributed by atoms with van der Waals surface area (Å²) in [7, 11) is -4.19. The minimum absolute atomic E-state index is 0.111. The third-order valence-corrected chi connectivity index (χ3v) is 3.97. The fraction of sp³-hybridized carbons (Fsp3) is 0.467. The largest absolute Gasteiger partial charge is 0.461 e. The van der Waals surface area contributed by atoms with E-state index in [1.807, 2.05) is 6.92 Å². The highest BCUT2D eigenvalue weighted by molar-refractivity contribution is 7.85. The first-order valence-corrected chi connectivity index (χ1v) is 8.61. The van der Waals surface area contributed by atoms with Gasteiger partial charge in [0.25, 0.3) is 10.1 Å². The number of esters is 2. The Kier molecular flexibility index (Phi) is 6.28. The second-order valence-electron chi connectivity index (χ2n) is 5.58. The van der Waals surface area contributed by atoms with E-state index in [4.69, 9.17) is 14.0 Å². The van der Waals surface area contributed by atoms with E-state index < -0.39 is 39.8 Å². The molecule has 0 aromatic heterocycles. The average Bonchev–Trinajstić information content (AvgIpc) is 2.46. The molecule has 0 atom stereocenters. The highest BCUT2D eigenvalue weighted by Gasteiger charge is 2.27. The normalized spacial score (nSPS) is 11.8. The highest BCUT2D eigenvalue weighted by atomic mass is 32.2. The summed E-state index contributed by atoms with van der Waals surface area (Å²) in [6.45, 7) is 4.90. The van der Waals surface area contributed by atoms with Gasteiger partial charge in [-0.05, 0) is 38.5 Å². The molecule has 0 heterocycles. The van der Waals surface area contributed by atoms with Crippen molar-refractivity contribution in [3.8, 4) is 5.75 Å². The quantitative estimate of drug-likeness (QED) is 0.458. The zero-order valence-electron chi connectivity index (χ0n) is 13.2. The van der Waals surface area contributed by atoms with Crippen LogP contribution in [-0.2, 0) is 19.6 Å². The van der Waals surface area contributed by atoms with Crippen LogP contribution in [0.4, 0.5) is 0 Å². The molecular formula is C15H20O7S. The van der Waals surface area contributed by atoms with Crippen LogP contribution < -0.4 is 4.74 Å². The van der Waals surface area contributed by atoms with Crippen molar-refractivity contribution in [1.29, 1.82) is 0 Å². The molecule has 0 aliphatic rings. The highest BCUT2D eigenvalue weighted by Crippen LogP contribution is 2.24. The van der Waals surface area contributed by atoms with Gasteiger partial charge in [-0.2, -0.15) is 8.42 Å². The van der Waals surface area contributed by atoms with Crippen LogP contribution in [-0.4, -0.2) is 37.3 Å². The summed E-state index contributed by atoms with van der Waals surface area (Å²) < 4.78 is 39.6. The van der Waals surface area contributed by atoms with Crippen LogP contribution in [0.2, 0.25) is 0 Å². The summed E-state index contributed by atoms with van der Waals surface area (Å²) in [5.74, 6) is -1.68. The SMILES string of the molecule is CCC(C)(C)C(=O)Oc1cccc(C(=O)OCCS(=O)(=O)O)c1. The Morgan fingerprint density at radius 2 is 1.91 bits per heavy atom. The van der Waals surface area contributed by atoms with E-state index in [0.717, 1.165) is 0 Å². The second-order valence-corrected chi connectivity index (χ2v) is 7.15. The maximum absolute atomic E-state index is 12.0. The van der Waals surface area contributed by atoms with Crippen LogP contribution in [0.25, 0.3) is 0 Å². The van der Waals surface area contributed by atoms with Gasteiger partial charge < -0.3 is 9.47 Å². The van der Waals surface area contributed by atoms with Crippen LogP contribution >= 0.6 is 0 Å². The Bertz CT molecular complexity index is 677. The Labute approximate surface area is 135 Å². The minimum atomic E-state index is -4.19. The third-order valence-electron chi connectivity index (χ3n) is 3.29. The van der Waals surface area contributed by atoms with Gasteiger partial charge >= 0.3 is 11.9 Å². The van der Waals surface area contributed by atoms with Crippen molar-refractivity contribution >= 4 is 22.1 Å². The maximum atomic E-state index is 12.0. The lowest BCUT2D eigenvalue weighted by atomic mass is 9.91. The average molecular weight is 344 g/mol. The molecule has 0 radical (unpaired) electrons. The summed E-state index contributed by atoms with van der Waals surface area (Å²) in [6, 6.07) is 5.82. The molecule has 8 heteroatoms. The monoisotopic (exact) mass is 344 g/mol. The van der Waals surface area contributed by atoms with Gasteiger partial charge in [-0.3, -0.25) is 9.35 Å². The third kappa shape index (κ3) is 6.37. The van der Waals surface area contributed by atoms with Gasteiger partial charge in [-0.15, -0.1) is 0 Å². The van der Waals surface area contributed by atoms with Crippen molar-refractivity contribution in [2.45, 2.75) is 27.2 Å². The number of rotatable bonds is 7. The molecule has 0 aliphatic heterocycles. The molecule has 1 rings (SSSR count). The Morgan fingerprint density at radius 1 is 1.26 bits per heavy atom. The van der Waals surface area contributed by atoms with E-state index in [0.29, 0.717) is 6.42 Å². The first kappa shape index (κ1) is 19.1. The molecule has 0 spiro atoms. The van der Waals surface area contributed by atoms with E-state index in [-0.39, 0.29) is 11.3 Å². The van der Waals surface area contributed by atoms with Crippen LogP contribution in [0, 0.1) is 5.41 Å². The summed E-state index contributed by atoms with van der Waals surface area (Å²) >= 11 is 0. The van der Waals surface area contributed by atoms with E-state index in [2.05, 4.69) is 0 Å². The summed E-state index contributed by atoms with van der Waals surface area (Å²) in [5, 5.41) is 0. The zero-order chi connectivity index (χ0) is 17.7. The van der Waals surface area contributed by atoms with E-state index in [9.17, 15) is 18.0 Å². The zero-order valence-corrected chi connectivity index (χ0v) is 14.1. The summed E-state index contributed by atoms with van der Waals surface area (Å²) in [6.07, 6.45) is 0.600. The standard InChI is InChI=1S/C15H20O7S/c1-4-15(2,3)14(17)22-12-7-5-6-11(10-12)13(16)21-8-9-23(18,19)20/h5-7,10H,4,8-9H2,1-3H3,(H,18,19,20). The van der Waals surface area contributed by atoms with Crippen molar-refractivity contribution in [2.75, 3.05) is 12.4 Å². The number of ether oxygens (including phenoxy) is 2. The molecule has 128 valence electrons. The van der Waals surface area contributed by atoms with Gasteiger partial charge in [0.05, 0.1) is 11.0 Å². The van der Waals surface area contributed by atoms with Crippen LogP contribution in [0.15, 0.2) is 24.3 Å².